The van der Waals surface area contributed by atoms with Gasteiger partial charge >= 0.3 is 23.9 Å². The molecule has 6 rings (SSSR count). The molecule has 0 spiro atoms. The fourth-order valence-corrected chi connectivity index (χ4v) is 5.83. The lowest BCUT2D eigenvalue weighted by Crippen LogP contribution is -2.36. The molecule has 4 N–H and O–H groups in total. The Kier molecular flexibility index (Phi) is 11.9. The van der Waals surface area contributed by atoms with Crippen LogP contribution in [0.2, 0.25) is 0 Å². The van der Waals surface area contributed by atoms with Crippen molar-refractivity contribution >= 4 is 52.3 Å². The van der Waals surface area contributed by atoms with E-state index < -0.39 is 78.9 Å². The SMILES string of the molecule is COC(=O)CNC1=C2N=C(C=C3C=CC(=N3)C=C3C=CC(=N3)C=C3N=C1C(NCC(=O)OC)=C3NCC(=O)OC)C(c1cc(F)c(F)c(F)c1F)=C2NCC(=O)OC. The zero-order valence-corrected chi connectivity index (χ0v) is 31.0. The maximum atomic E-state index is 15.9. The molecule has 0 saturated heterocycles. The van der Waals surface area contributed by atoms with E-state index in [1.54, 1.807) is 30.4 Å². The average molecular weight is 805 g/mol. The monoisotopic (exact) mass is 804 g/mol. The largest absolute Gasteiger partial charge is 0.468 e. The molecule has 0 saturated carbocycles. The van der Waals surface area contributed by atoms with E-state index in [4.69, 9.17) is 28.9 Å². The van der Waals surface area contributed by atoms with Crippen molar-refractivity contribution in [2.24, 2.45) is 20.0 Å². The molecule has 0 atom stereocenters. The van der Waals surface area contributed by atoms with Gasteiger partial charge in [0.05, 0.1) is 85.5 Å². The third-order valence-electron chi connectivity index (χ3n) is 8.58. The van der Waals surface area contributed by atoms with Gasteiger partial charge in [0.15, 0.2) is 23.3 Å². The van der Waals surface area contributed by atoms with Gasteiger partial charge in [0.1, 0.15) is 37.6 Å². The number of ether oxygens (including phenoxy) is 4. The molecule has 1 aromatic rings. The van der Waals surface area contributed by atoms with Gasteiger partial charge in [-0.3, -0.25) is 19.2 Å². The van der Waals surface area contributed by atoms with Crippen LogP contribution in [0.15, 0.2) is 114 Å². The minimum atomic E-state index is -2.13. The second-order valence-corrected chi connectivity index (χ2v) is 12.2. The van der Waals surface area contributed by atoms with Crippen molar-refractivity contribution in [3.63, 3.8) is 0 Å². The van der Waals surface area contributed by atoms with Crippen LogP contribution in [0.25, 0.3) is 5.57 Å². The molecule has 300 valence electrons. The Hall–Kier alpha value is -7.38. The lowest BCUT2D eigenvalue weighted by atomic mass is 9.97. The predicted molar refractivity (Wildman–Crippen MR) is 200 cm³/mol. The highest BCUT2D eigenvalue weighted by molar-refractivity contribution is 6.34. The van der Waals surface area contributed by atoms with Crippen molar-refractivity contribution in [3.05, 3.63) is 123 Å². The molecule has 1 aromatic carbocycles. The first-order valence-electron chi connectivity index (χ1n) is 17.0. The van der Waals surface area contributed by atoms with E-state index in [0.29, 0.717) is 23.2 Å². The number of esters is 4. The molecule has 5 heterocycles. The van der Waals surface area contributed by atoms with Crippen molar-refractivity contribution in [2.75, 3.05) is 54.6 Å². The minimum Gasteiger partial charge on any atom is -0.468 e. The number of halogens is 4. The zero-order chi connectivity index (χ0) is 41.7. The van der Waals surface area contributed by atoms with E-state index in [-0.39, 0.29) is 56.9 Å². The van der Waals surface area contributed by atoms with E-state index in [2.05, 4.69) is 31.3 Å². The van der Waals surface area contributed by atoms with Crippen LogP contribution in [-0.4, -0.2) is 101 Å². The number of nitrogens with one attached hydrogen (secondary N) is 4. The maximum Gasteiger partial charge on any atom is 0.325 e. The zero-order valence-electron chi connectivity index (χ0n) is 31.0. The van der Waals surface area contributed by atoms with Crippen LogP contribution in [0.3, 0.4) is 0 Å². The topological polar surface area (TPSA) is 203 Å². The molecule has 0 fully saturated rings. The lowest BCUT2D eigenvalue weighted by Gasteiger charge is -2.19. The Balaban J connectivity index is 1.74. The highest BCUT2D eigenvalue weighted by Gasteiger charge is 2.36. The number of carbonyl (C=O) groups is 4. The Labute approximate surface area is 326 Å². The van der Waals surface area contributed by atoms with Crippen LogP contribution in [-0.2, 0) is 38.1 Å². The minimum absolute atomic E-state index is 0.0107. The molecule has 5 aliphatic rings. The van der Waals surface area contributed by atoms with Gasteiger partial charge in [0.25, 0.3) is 0 Å². The number of rotatable bonds is 13. The number of nitrogens with zero attached hydrogens (tertiary/aromatic N) is 4. The molecule has 0 aliphatic carbocycles. The Bertz CT molecular complexity index is 2420. The van der Waals surface area contributed by atoms with Crippen LogP contribution in [0, 0.1) is 23.3 Å². The molecule has 0 amide bonds. The Morgan fingerprint density at radius 3 is 1.62 bits per heavy atom. The summed E-state index contributed by atoms with van der Waals surface area (Å²) in [6.07, 6.45) is 11.1. The van der Waals surface area contributed by atoms with Crippen molar-refractivity contribution in [3.8, 4) is 0 Å². The average Bonchev–Trinajstić information content (AvgIpc) is 4.02. The van der Waals surface area contributed by atoms with Crippen LogP contribution in [0.5, 0.6) is 0 Å². The molecule has 20 heteroatoms. The third kappa shape index (κ3) is 8.39. The van der Waals surface area contributed by atoms with Gasteiger partial charge in [-0.1, -0.05) is 0 Å². The molecule has 0 aromatic heterocycles. The van der Waals surface area contributed by atoms with Crippen LogP contribution >= 0.6 is 0 Å². The first-order chi connectivity index (χ1) is 27.8. The van der Waals surface area contributed by atoms with Gasteiger partial charge in [0.2, 0.25) is 0 Å². The summed E-state index contributed by atoms with van der Waals surface area (Å²) in [5.41, 5.74) is -0.494. The summed E-state index contributed by atoms with van der Waals surface area (Å²) in [5, 5.41) is 11.6. The summed E-state index contributed by atoms with van der Waals surface area (Å²) in [7, 11) is 4.54. The molecular weight excluding hydrogens is 772 g/mol. The van der Waals surface area contributed by atoms with Crippen molar-refractivity contribution < 1.29 is 55.7 Å². The van der Waals surface area contributed by atoms with Gasteiger partial charge in [-0.2, -0.15) is 0 Å². The van der Waals surface area contributed by atoms with E-state index in [0.717, 1.165) is 21.3 Å². The number of carbonyl (C=O) groups excluding carboxylic acids is 4. The van der Waals surface area contributed by atoms with E-state index >= 15 is 4.39 Å². The second-order valence-electron chi connectivity index (χ2n) is 12.2. The van der Waals surface area contributed by atoms with Crippen molar-refractivity contribution in [1.29, 1.82) is 0 Å². The van der Waals surface area contributed by atoms with Gasteiger partial charge in [-0.15, -0.1) is 0 Å². The van der Waals surface area contributed by atoms with Gasteiger partial charge in [0, 0.05) is 11.1 Å². The molecule has 16 nitrogen and oxygen atoms in total. The number of methoxy groups -OCH3 is 4. The summed E-state index contributed by atoms with van der Waals surface area (Å²) in [5.74, 6) is -10.8. The van der Waals surface area contributed by atoms with Gasteiger partial charge < -0.3 is 40.2 Å². The van der Waals surface area contributed by atoms with Crippen molar-refractivity contribution in [2.45, 2.75) is 0 Å². The summed E-state index contributed by atoms with van der Waals surface area (Å²) < 4.78 is 79.6. The Morgan fingerprint density at radius 2 is 1.05 bits per heavy atom. The first-order valence-corrected chi connectivity index (χ1v) is 17.0. The molecule has 8 bridgehead atoms. The number of allylic oxidation sites excluding steroid dienone is 8. The number of benzene rings is 1. The molecule has 0 radical (unpaired) electrons. The first kappa shape index (κ1) is 40.3. The van der Waals surface area contributed by atoms with Gasteiger partial charge in [-0.25, -0.2) is 37.5 Å². The fourth-order valence-electron chi connectivity index (χ4n) is 5.83. The summed E-state index contributed by atoms with van der Waals surface area (Å²) in [4.78, 5) is 68.9. The highest BCUT2D eigenvalue weighted by Crippen LogP contribution is 2.38. The van der Waals surface area contributed by atoms with Crippen LogP contribution in [0.4, 0.5) is 17.6 Å². The highest BCUT2D eigenvalue weighted by atomic mass is 19.2. The van der Waals surface area contributed by atoms with Crippen molar-refractivity contribution in [1.82, 2.24) is 21.3 Å². The smallest absolute Gasteiger partial charge is 0.325 e. The quantitative estimate of drug-likeness (QED) is 0.0745. The summed E-state index contributed by atoms with van der Waals surface area (Å²) in [6.45, 7) is -2.10. The van der Waals surface area contributed by atoms with Crippen LogP contribution < -0.4 is 21.3 Å². The number of hydrogen-bond acceptors (Lipinski definition) is 16. The predicted octanol–water partition coefficient (Wildman–Crippen LogP) is 2.02. The van der Waals surface area contributed by atoms with E-state index in [1.807, 2.05) is 0 Å². The number of hydrogen-bond donors (Lipinski definition) is 4. The molecule has 58 heavy (non-hydrogen) atoms. The standard InChI is InChI=1S/C38H32F4N8O8/c1-55-25(51)13-43-33-24-11-20-8-6-18(48-20)9-17-5-7-19(47-17)10-23-29(21-12-22(39)31(41)32(42)30(21)40)34(44-14-26(52)56-2)37(49-23)36(46-16-28(54)58-4)38(50-24)35(33)45-15-27(53)57-3/h5-12,43-46H,13-16H2,1-4H3. The second kappa shape index (κ2) is 17.2. The molecule has 0 unspecified atom stereocenters. The van der Waals surface area contributed by atoms with Crippen LogP contribution in [0.1, 0.15) is 5.56 Å². The summed E-state index contributed by atoms with van der Waals surface area (Å²) >= 11 is 0. The Morgan fingerprint density at radius 1 is 0.552 bits per heavy atom. The number of fused-ring (bicyclic) bond motifs is 4. The third-order valence-corrected chi connectivity index (χ3v) is 8.58. The fraction of sp³-hybridized carbons (Fsp3) is 0.211. The summed E-state index contributed by atoms with van der Waals surface area (Å²) in [6, 6.07) is 0.418. The van der Waals surface area contributed by atoms with E-state index in [9.17, 15) is 32.3 Å². The van der Waals surface area contributed by atoms with E-state index in [1.165, 1.54) is 19.3 Å². The number of aliphatic imine (C=N–C) groups is 4. The maximum absolute atomic E-state index is 15.9. The lowest BCUT2D eigenvalue weighted by molar-refractivity contribution is -0.140. The normalized spacial score (nSPS) is 16.5. The molecular formula is C38H32F4N8O8. The van der Waals surface area contributed by atoms with Gasteiger partial charge in [-0.05, 0) is 48.6 Å². The molecule has 5 aliphatic heterocycles.